The molecule has 0 saturated heterocycles. The Morgan fingerprint density at radius 1 is 0.917 bits per heavy atom. The van der Waals surface area contributed by atoms with Crippen LogP contribution in [0.4, 0.5) is 9.59 Å². The molecule has 0 aliphatic rings. The maximum absolute atomic E-state index is 9.86. The monoisotopic (exact) mass is 182 g/mol. The number of hydrogen-bond donors (Lipinski definition) is 2. The van der Waals surface area contributed by atoms with Gasteiger partial charge in [-0.25, -0.2) is 0 Å². The largest absolute Gasteiger partial charge is 0.568 e. The SMILES string of the molecule is O=C(OO)ON=NOC(=O)OO. The van der Waals surface area contributed by atoms with Crippen molar-refractivity contribution in [2.45, 2.75) is 0 Å². The number of carbonyl (C=O) groups excluding carboxylic acids is 2. The van der Waals surface area contributed by atoms with Gasteiger partial charge in [0, 0.05) is 0 Å². The van der Waals surface area contributed by atoms with Crippen LogP contribution in [-0.2, 0) is 19.5 Å². The van der Waals surface area contributed by atoms with E-state index in [1.54, 1.807) is 0 Å². The van der Waals surface area contributed by atoms with Crippen LogP contribution in [-0.4, -0.2) is 22.8 Å². The molecule has 0 aromatic rings. The maximum Gasteiger partial charge on any atom is 0.568 e. The average Bonchev–Trinajstić information content (AvgIpc) is 2.11. The molecule has 0 aliphatic heterocycles. The van der Waals surface area contributed by atoms with Gasteiger partial charge in [0.25, 0.3) is 0 Å². The van der Waals surface area contributed by atoms with E-state index in [0.29, 0.717) is 0 Å². The molecule has 0 bridgehead atoms. The van der Waals surface area contributed by atoms with Crippen molar-refractivity contribution in [3.05, 3.63) is 0 Å². The fourth-order valence-corrected chi connectivity index (χ4v) is 0.133. The van der Waals surface area contributed by atoms with Crippen molar-refractivity contribution in [1.82, 2.24) is 0 Å². The molecule has 0 saturated carbocycles. The molecule has 0 aromatic carbocycles. The zero-order valence-electron chi connectivity index (χ0n) is 5.24. The van der Waals surface area contributed by atoms with Gasteiger partial charge in [0.15, 0.2) is 0 Å². The van der Waals surface area contributed by atoms with Crippen molar-refractivity contribution in [3.8, 4) is 0 Å². The van der Waals surface area contributed by atoms with Crippen LogP contribution < -0.4 is 0 Å². The summed E-state index contributed by atoms with van der Waals surface area (Å²) in [5.41, 5.74) is 0. The van der Waals surface area contributed by atoms with Gasteiger partial charge in [-0.3, -0.25) is 19.5 Å². The van der Waals surface area contributed by atoms with E-state index in [4.69, 9.17) is 10.5 Å². The lowest BCUT2D eigenvalue weighted by atomic mass is 11.4. The number of nitrogens with zero attached hydrogens (tertiary/aromatic N) is 2. The van der Waals surface area contributed by atoms with E-state index in [0.717, 1.165) is 0 Å². The van der Waals surface area contributed by atoms with Gasteiger partial charge in [0.1, 0.15) is 0 Å². The van der Waals surface area contributed by atoms with Crippen LogP contribution in [0.2, 0.25) is 0 Å². The average molecular weight is 182 g/mol. The van der Waals surface area contributed by atoms with Gasteiger partial charge in [-0.05, 0) is 0 Å². The van der Waals surface area contributed by atoms with E-state index in [1.807, 2.05) is 0 Å². The van der Waals surface area contributed by atoms with Gasteiger partial charge >= 0.3 is 12.3 Å². The molecule has 0 spiro atoms. The fraction of sp³-hybridized carbons (Fsp3) is 0. The van der Waals surface area contributed by atoms with Crippen LogP contribution in [0.25, 0.3) is 0 Å². The summed E-state index contributed by atoms with van der Waals surface area (Å²) in [6, 6.07) is 0. The molecule has 0 atom stereocenters. The highest BCUT2D eigenvalue weighted by atomic mass is 17.2. The van der Waals surface area contributed by atoms with Gasteiger partial charge in [0.05, 0.1) is 10.6 Å². The Bertz CT molecular complexity index is 167. The van der Waals surface area contributed by atoms with Gasteiger partial charge in [-0.15, -0.1) is 0 Å². The second kappa shape index (κ2) is 5.82. The molecule has 0 radical (unpaired) electrons. The first-order valence-corrected chi connectivity index (χ1v) is 2.16. The third kappa shape index (κ3) is 4.89. The molecule has 0 fully saturated rings. The Hall–Kier alpha value is -1.94. The molecule has 10 heteroatoms. The molecule has 0 heterocycles. The summed E-state index contributed by atoms with van der Waals surface area (Å²) < 4.78 is 0. The van der Waals surface area contributed by atoms with Crippen molar-refractivity contribution in [2.75, 3.05) is 0 Å². The fourth-order valence-electron chi connectivity index (χ4n) is 0.133. The minimum absolute atomic E-state index is 1.58. The molecular weight excluding hydrogens is 180 g/mol. The minimum Gasteiger partial charge on any atom is -0.260 e. The van der Waals surface area contributed by atoms with Crippen molar-refractivity contribution >= 4 is 12.3 Å². The summed E-state index contributed by atoms with van der Waals surface area (Å²) in [5.74, 6) is 0. The van der Waals surface area contributed by atoms with Crippen molar-refractivity contribution in [1.29, 1.82) is 0 Å². The molecule has 10 nitrogen and oxygen atoms in total. The summed E-state index contributed by atoms with van der Waals surface area (Å²) in [6.07, 6.45) is -3.17. The molecule has 0 amide bonds. The van der Waals surface area contributed by atoms with Crippen LogP contribution in [0.1, 0.15) is 0 Å². The highest BCUT2D eigenvalue weighted by Crippen LogP contribution is 1.87. The molecule has 0 unspecified atom stereocenters. The Labute approximate surface area is 63.7 Å². The van der Waals surface area contributed by atoms with E-state index in [1.165, 1.54) is 0 Å². The third-order valence-corrected chi connectivity index (χ3v) is 0.413. The first kappa shape index (κ1) is 10.1. The predicted octanol–water partition coefficient (Wildman–Crippen LogP) is 0.521. The predicted molar refractivity (Wildman–Crippen MR) is 25.2 cm³/mol. The van der Waals surface area contributed by atoms with E-state index in [9.17, 15) is 9.59 Å². The lowest BCUT2D eigenvalue weighted by Gasteiger charge is -1.89. The summed E-state index contributed by atoms with van der Waals surface area (Å²) in [5, 5.41) is 19.9. The van der Waals surface area contributed by atoms with Crippen molar-refractivity contribution in [3.63, 3.8) is 0 Å². The molecule has 2 N–H and O–H groups in total. The Balaban J connectivity index is 3.50. The first-order chi connectivity index (χ1) is 5.70. The Kier molecular flexibility index (Phi) is 4.88. The highest BCUT2D eigenvalue weighted by Gasteiger charge is 2.03. The summed E-state index contributed by atoms with van der Waals surface area (Å²) in [4.78, 5) is 32.6. The topological polar surface area (TPSA) is 136 Å². The Morgan fingerprint density at radius 3 is 1.50 bits per heavy atom. The third-order valence-electron chi connectivity index (χ3n) is 0.413. The van der Waals surface area contributed by atoms with Crippen LogP contribution in [0, 0.1) is 0 Å². The lowest BCUT2D eigenvalue weighted by molar-refractivity contribution is -0.208. The highest BCUT2D eigenvalue weighted by molar-refractivity contribution is 5.58. The first-order valence-electron chi connectivity index (χ1n) is 2.16. The zero-order valence-corrected chi connectivity index (χ0v) is 5.24. The molecule has 0 rings (SSSR count). The van der Waals surface area contributed by atoms with Gasteiger partial charge in [0.2, 0.25) is 0 Å². The summed E-state index contributed by atoms with van der Waals surface area (Å²) in [6.45, 7) is 0. The summed E-state index contributed by atoms with van der Waals surface area (Å²) in [7, 11) is 0. The molecular formula is C2H2N2O8. The standard InChI is InChI=1S/C2H2N2O8/c5-1(11-7)9-3-4-10-2(6)12-8/h7-8H. The quantitative estimate of drug-likeness (QED) is 0.358. The molecule has 0 aromatic heterocycles. The maximum atomic E-state index is 9.86. The lowest BCUT2D eigenvalue weighted by Crippen LogP contribution is -2.01. The molecule has 0 aliphatic carbocycles. The van der Waals surface area contributed by atoms with Crippen molar-refractivity contribution in [2.24, 2.45) is 10.6 Å². The van der Waals surface area contributed by atoms with Crippen molar-refractivity contribution < 1.29 is 39.6 Å². The minimum atomic E-state index is -1.58. The number of rotatable bonds is 2. The van der Waals surface area contributed by atoms with Gasteiger partial charge in [-0.2, -0.15) is 20.1 Å². The van der Waals surface area contributed by atoms with Crippen LogP contribution in [0.15, 0.2) is 10.6 Å². The van der Waals surface area contributed by atoms with Crippen LogP contribution in [0.5, 0.6) is 0 Å². The molecule has 12 heavy (non-hydrogen) atoms. The van der Waals surface area contributed by atoms with Gasteiger partial charge < -0.3 is 0 Å². The van der Waals surface area contributed by atoms with Gasteiger partial charge in [-0.1, -0.05) is 0 Å². The second-order valence-electron chi connectivity index (χ2n) is 1.03. The second-order valence-corrected chi connectivity index (χ2v) is 1.03. The van der Waals surface area contributed by atoms with E-state index in [-0.39, 0.29) is 0 Å². The van der Waals surface area contributed by atoms with Crippen LogP contribution in [0.3, 0.4) is 0 Å². The van der Waals surface area contributed by atoms with E-state index in [2.05, 4.69) is 30.0 Å². The van der Waals surface area contributed by atoms with E-state index >= 15 is 0 Å². The Morgan fingerprint density at radius 2 is 1.25 bits per heavy atom. The number of hydrogen-bond acceptors (Lipinski definition) is 10. The van der Waals surface area contributed by atoms with Crippen LogP contribution >= 0.6 is 0 Å². The smallest absolute Gasteiger partial charge is 0.260 e. The zero-order chi connectivity index (χ0) is 9.40. The normalized spacial score (nSPS) is 9.17. The molecule has 68 valence electrons. The summed E-state index contributed by atoms with van der Waals surface area (Å²) >= 11 is 0. The number of carbonyl (C=O) groups is 2. The van der Waals surface area contributed by atoms with E-state index < -0.39 is 12.3 Å².